The zero-order chi connectivity index (χ0) is 52.5. The molecule has 3 aliphatic rings. The minimum atomic E-state index is -0.632. The van der Waals surface area contributed by atoms with Gasteiger partial charge in [-0.05, 0) is 178 Å². The van der Waals surface area contributed by atoms with E-state index < -0.39 is 5.41 Å². The monoisotopic (exact) mass is 1000 g/mol. The third-order valence-corrected chi connectivity index (χ3v) is 16.9. The number of benzene rings is 11. The molecule has 0 saturated heterocycles. The Bertz CT molecular complexity index is 3980. The lowest BCUT2D eigenvalue weighted by Crippen LogP contribution is -2.62. The van der Waals surface area contributed by atoms with Gasteiger partial charge in [0.1, 0.15) is 0 Å². The second kappa shape index (κ2) is 19.2. The molecule has 374 valence electrons. The minimum Gasteiger partial charge on any atom is -0.376 e. The van der Waals surface area contributed by atoms with Crippen LogP contribution in [0.4, 0.5) is 45.5 Å². The maximum absolute atomic E-state index is 2.68. The van der Waals surface area contributed by atoms with Gasteiger partial charge in [-0.3, -0.25) is 0 Å². The average molecular weight is 1000 g/mol. The molecule has 4 heteroatoms. The Morgan fingerprint density at radius 1 is 0.449 bits per heavy atom. The van der Waals surface area contributed by atoms with Gasteiger partial charge in [0.2, 0.25) is 0 Å². The number of unbranched alkanes of at least 4 members (excludes halogenated alkanes) is 1. The first-order valence-electron chi connectivity index (χ1n) is 27.8. The summed E-state index contributed by atoms with van der Waals surface area (Å²) >= 11 is 0. The van der Waals surface area contributed by atoms with Crippen molar-refractivity contribution in [1.29, 1.82) is 0 Å². The molecule has 0 aromatic heterocycles. The standard InChI is InChI=1S/C74H60BN3/c1-5-6-22-53-35-39-60(40-36-53)76(59-29-17-10-18-30-59)62-43-44-63-64-47-56(71-51(3)45-50(2)46-52(71)4)48-70-72(64)75(78(69(63)49-62)61-41-37-55(38-42-61)54-23-11-7-12-24-54)67-33-21-32-66-73(67)77(70)68-34-20-19-31-65(68)74(66,57-25-13-8-14-26-57)58-27-15-9-16-28-58/h7-21,23-49H,5-6,22H2,1-4H3. The van der Waals surface area contributed by atoms with Crippen LogP contribution in [0.3, 0.4) is 0 Å². The van der Waals surface area contributed by atoms with Crippen LogP contribution in [-0.2, 0) is 11.8 Å². The summed E-state index contributed by atoms with van der Waals surface area (Å²) in [5.74, 6) is 0. The number of hydrogen-bond donors (Lipinski definition) is 0. The molecular weight excluding hydrogens is 942 g/mol. The van der Waals surface area contributed by atoms with Crippen LogP contribution in [0.5, 0.6) is 0 Å². The van der Waals surface area contributed by atoms with Crippen LogP contribution in [-0.4, -0.2) is 6.85 Å². The molecule has 0 atom stereocenters. The second-order valence-corrected chi connectivity index (χ2v) is 21.6. The third-order valence-electron chi connectivity index (χ3n) is 16.9. The molecule has 0 saturated carbocycles. The van der Waals surface area contributed by atoms with E-state index in [2.05, 4.69) is 297 Å². The van der Waals surface area contributed by atoms with Crippen LogP contribution in [0, 0.1) is 20.8 Å². The lowest BCUT2D eigenvalue weighted by Gasteiger charge is -2.52. The van der Waals surface area contributed by atoms with Crippen molar-refractivity contribution in [3.05, 3.63) is 299 Å². The molecule has 3 aliphatic heterocycles. The number of rotatable bonds is 11. The maximum atomic E-state index is 2.68. The van der Waals surface area contributed by atoms with Gasteiger partial charge >= 0.3 is 6.85 Å². The molecule has 11 aromatic carbocycles. The van der Waals surface area contributed by atoms with E-state index >= 15 is 0 Å². The van der Waals surface area contributed by atoms with E-state index in [4.69, 9.17) is 0 Å². The minimum absolute atomic E-state index is 0.210. The van der Waals surface area contributed by atoms with Gasteiger partial charge in [0, 0.05) is 45.4 Å². The zero-order valence-electron chi connectivity index (χ0n) is 44.8. The number of nitrogens with zero attached hydrogens (tertiary/aromatic N) is 3. The molecule has 14 rings (SSSR count). The van der Waals surface area contributed by atoms with Crippen LogP contribution in [0.15, 0.2) is 255 Å². The fraction of sp³-hybridized carbons (Fsp3) is 0.108. The van der Waals surface area contributed by atoms with Crippen molar-refractivity contribution in [2.45, 2.75) is 52.4 Å². The van der Waals surface area contributed by atoms with Crippen molar-refractivity contribution in [2.75, 3.05) is 14.6 Å². The highest BCUT2D eigenvalue weighted by atomic mass is 15.2. The summed E-state index contributed by atoms with van der Waals surface area (Å²) in [6, 6.07) is 96.2. The average Bonchev–Trinajstić information content (AvgIpc) is 3.29. The van der Waals surface area contributed by atoms with E-state index in [-0.39, 0.29) is 6.85 Å². The molecule has 0 bridgehead atoms. The van der Waals surface area contributed by atoms with Crippen LogP contribution in [0.25, 0.3) is 33.4 Å². The topological polar surface area (TPSA) is 9.72 Å². The highest BCUT2D eigenvalue weighted by molar-refractivity contribution is 6.93. The van der Waals surface area contributed by atoms with Gasteiger partial charge in [-0.1, -0.05) is 207 Å². The summed E-state index contributed by atoms with van der Waals surface area (Å²) in [7, 11) is 0. The van der Waals surface area contributed by atoms with E-state index in [1.54, 1.807) is 0 Å². The molecular formula is C74H60BN3. The molecule has 0 aliphatic carbocycles. The first-order valence-corrected chi connectivity index (χ1v) is 27.8. The number of para-hydroxylation sites is 3. The summed E-state index contributed by atoms with van der Waals surface area (Å²) in [5, 5.41) is 0. The van der Waals surface area contributed by atoms with E-state index in [9.17, 15) is 0 Å². The predicted molar refractivity (Wildman–Crippen MR) is 330 cm³/mol. The zero-order valence-corrected chi connectivity index (χ0v) is 44.8. The summed E-state index contributed by atoms with van der Waals surface area (Å²) < 4.78 is 0. The molecule has 3 heterocycles. The summed E-state index contributed by atoms with van der Waals surface area (Å²) in [6.45, 7) is 8.85. The summed E-state index contributed by atoms with van der Waals surface area (Å²) in [4.78, 5) is 7.77. The summed E-state index contributed by atoms with van der Waals surface area (Å²) in [6.07, 6.45) is 3.43. The van der Waals surface area contributed by atoms with Gasteiger partial charge in [-0.2, -0.15) is 0 Å². The third kappa shape index (κ3) is 7.49. The van der Waals surface area contributed by atoms with Crippen LogP contribution >= 0.6 is 0 Å². The fourth-order valence-electron chi connectivity index (χ4n) is 13.7. The number of hydrogen-bond acceptors (Lipinski definition) is 3. The quantitative estimate of drug-likeness (QED) is 0.120. The maximum Gasteiger partial charge on any atom is 0.333 e. The Kier molecular flexibility index (Phi) is 11.6. The molecule has 11 aromatic rings. The van der Waals surface area contributed by atoms with Crippen molar-refractivity contribution in [1.82, 2.24) is 0 Å². The normalized spacial score (nSPS) is 13.3. The molecule has 0 fully saturated rings. The number of aryl methyl sites for hydroxylation is 4. The van der Waals surface area contributed by atoms with Gasteiger partial charge in [0.25, 0.3) is 0 Å². The molecule has 0 N–H and O–H groups in total. The molecule has 0 radical (unpaired) electrons. The molecule has 3 nitrogen and oxygen atoms in total. The van der Waals surface area contributed by atoms with Crippen LogP contribution in [0.2, 0.25) is 0 Å². The van der Waals surface area contributed by atoms with E-state index in [1.807, 2.05) is 0 Å². The number of anilines is 8. The van der Waals surface area contributed by atoms with Gasteiger partial charge in [0.05, 0.1) is 11.1 Å². The van der Waals surface area contributed by atoms with Crippen molar-refractivity contribution in [3.63, 3.8) is 0 Å². The molecule has 0 amide bonds. The molecule has 0 unspecified atom stereocenters. The van der Waals surface area contributed by atoms with E-state index in [0.717, 1.165) is 34.9 Å². The van der Waals surface area contributed by atoms with Crippen molar-refractivity contribution in [2.24, 2.45) is 0 Å². The van der Waals surface area contributed by atoms with Crippen molar-refractivity contribution >= 4 is 63.3 Å². The SMILES string of the molecule is CCCCc1ccc(N(c2ccccc2)c2ccc3c(c2)N(c2ccc(-c4ccccc4)cc2)B2c4cccc5c4N(c4ccccc4C5(c4ccccc4)c4ccccc4)c4cc(-c5c(C)cc(C)cc5C)cc-3c42)cc1. The Hall–Kier alpha value is -9.12. The van der Waals surface area contributed by atoms with E-state index in [0.29, 0.717) is 0 Å². The Labute approximate surface area is 460 Å². The second-order valence-electron chi connectivity index (χ2n) is 21.6. The van der Waals surface area contributed by atoms with Crippen LogP contribution < -0.4 is 25.5 Å². The first kappa shape index (κ1) is 47.3. The lowest BCUT2D eigenvalue weighted by molar-refractivity contribution is 0.732. The van der Waals surface area contributed by atoms with E-state index in [1.165, 1.54) is 119 Å². The smallest absolute Gasteiger partial charge is 0.333 e. The lowest BCUT2D eigenvalue weighted by atomic mass is 9.42. The first-order chi connectivity index (χ1) is 38.4. The number of fused-ring (bicyclic) bond motifs is 6. The molecule has 78 heavy (non-hydrogen) atoms. The van der Waals surface area contributed by atoms with Gasteiger partial charge < -0.3 is 14.6 Å². The predicted octanol–water partition coefficient (Wildman–Crippen LogP) is 18.2. The van der Waals surface area contributed by atoms with Gasteiger partial charge in [-0.15, -0.1) is 0 Å². The Balaban J connectivity index is 1.10. The van der Waals surface area contributed by atoms with Crippen molar-refractivity contribution in [3.8, 4) is 33.4 Å². The summed E-state index contributed by atoms with van der Waals surface area (Å²) in [5.41, 5.74) is 28.9. The largest absolute Gasteiger partial charge is 0.376 e. The molecule has 0 spiro atoms. The Morgan fingerprint density at radius 3 is 1.72 bits per heavy atom. The Morgan fingerprint density at radius 2 is 1.04 bits per heavy atom. The van der Waals surface area contributed by atoms with Crippen LogP contribution in [0.1, 0.15) is 64.3 Å². The van der Waals surface area contributed by atoms with Gasteiger partial charge in [0.15, 0.2) is 0 Å². The highest BCUT2D eigenvalue weighted by Crippen LogP contribution is 2.60. The fourth-order valence-corrected chi connectivity index (χ4v) is 13.7. The highest BCUT2D eigenvalue weighted by Gasteiger charge is 2.53. The van der Waals surface area contributed by atoms with Gasteiger partial charge in [-0.25, -0.2) is 0 Å². The van der Waals surface area contributed by atoms with Crippen molar-refractivity contribution < 1.29 is 0 Å².